The zero-order valence-electron chi connectivity index (χ0n) is 5.80. The van der Waals surface area contributed by atoms with Crippen molar-refractivity contribution in [1.29, 1.82) is 0 Å². The fourth-order valence-corrected chi connectivity index (χ4v) is 2.13. The summed E-state index contributed by atoms with van der Waals surface area (Å²) in [6.45, 7) is 3.17. The second-order valence-electron chi connectivity index (χ2n) is 3.51. The second kappa shape index (κ2) is 1.40. The molecule has 1 saturated carbocycles. The molecule has 2 N–H and O–H groups in total. The molecule has 0 aromatic heterocycles. The lowest BCUT2D eigenvalue weighted by atomic mass is 10.0. The number of allylic oxidation sites excluding steroid dienone is 2. The molecule has 0 bridgehead atoms. The molecule has 3 unspecified atom stereocenters. The fraction of sp³-hybridized carbons (Fsp3) is 0.750. The third-order valence-electron chi connectivity index (χ3n) is 3.11. The van der Waals surface area contributed by atoms with Crippen LogP contribution in [0.25, 0.3) is 0 Å². The van der Waals surface area contributed by atoms with E-state index in [1.165, 1.54) is 6.42 Å². The topological polar surface area (TPSA) is 26.0 Å². The third kappa shape index (κ3) is 0.485. The molecule has 2 aliphatic carbocycles. The Morgan fingerprint density at radius 1 is 1.78 bits per heavy atom. The molecule has 0 aromatic rings. The molecule has 0 radical (unpaired) electrons. The molecular weight excluding hydrogens is 110 g/mol. The highest BCUT2D eigenvalue weighted by molar-refractivity contribution is 5.23. The number of rotatable bonds is 1. The quantitative estimate of drug-likeness (QED) is 0.520. The molecule has 0 aromatic carbocycles. The lowest BCUT2D eigenvalue weighted by Gasteiger charge is -2.07. The summed E-state index contributed by atoms with van der Waals surface area (Å²) in [6.07, 6.45) is 5.89. The highest BCUT2D eigenvalue weighted by Crippen LogP contribution is 2.63. The van der Waals surface area contributed by atoms with Gasteiger partial charge in [0.05, 0.1) is 0 Å². The number of hydrogen-bond acceptors (Lipinski definition) is 1. The number of nitrogens with two attached hydrogens (primary N) is 1. The molecular formula is C8H13N. The van der Waals surface area contributed by atoms with Crippen LogP contribution in [0.3, 0.4) is 0 Å². The summed E-state index contributed by atoms with van der Waals surface area (Å²) in [5, 5.41) is 0. The van der Waals surface area contributed by atoms with Gasteiger partial charge in [-0.3, -0.25) is 0 Å². The van der Waals surface area contributed by atoms with Crippen molar-refractivity contribution >= 4 is 0 Å². The van der Waals surface area contributed by atoms with E-state index in [2.05, 4.69) is 19.1 Å². The van der Waals surface area contributed by atoms with Crippen LogP contribution in [-0.4, -0.2) is 6.54 Å². The molecule has 2 rings (SSSR count). The van der Waals surface area contributed by atoms with Gasteiger partial charge in [-0.15, -0.1) is 0 Å². The molecule has 0 aliphatic heterocycles. The second-order valence-corrected chi connectivity index (χ2v) is 3.51. The molecule has 9 heavy (non-hydrogen) atoms. The Hall–Kier alpha value is -0.300. The lowest BCUT2D eigenvalue weighted by molar-refractivity contribution is 0.500. The Balaban J connectivity index is 2.15. The average molecular weight is 123 g/mol. The van der Waals surface area contributed by atoms with Crippen molar-refractivity contribution < 1.29 is 0 Å². The Labute approximate surface area is 55.9 Å². The molecule has 2 aliphatic rings. The maximum absolute atomic E-state index is 5.62. The summed E-state index contributed by atoms with van der Waals surface area (Å²) in [6, 6.07) is 0. The van der Waals surface area contributed by atoms with E-state index in [4.69, 9.17) is 5.73 Å². The van der Waals surface area contributed by atoms with Crippen molar-refractivity contribution in [3.8, 4) is 0 Å². The highest BCUT2D eigenvalue weighted by Gasteiger charge is 2.59. The first-order valence-corrected chi connectivity index (χ1v) is 3.66. The van der Waals surface area contributed by atoms with Crippen molar-refractivity contribution in [2.45, 2.75) is 13.3 Å². The molecule has 3 atom stereocenters. The molecule has 0 spiro atoms. The van der Waals surface area contributed by atoms with E-state index >= 15 is 0 Å². The van der Waals surface area contributed by atoms with Crippen molar-refractivity contribution in [3.05, 3.63) is 12.2 Å². The summed E-state index contributed by atoms with van der Waals surface area (Å²) < 4.78 is 0. The minimum absolute atomic E-state index is 0.495. The van der Waals surface area contributed by atoms with E-state index in [1.54, 1.807) is 0 Å². The van der Waals surface area contributed by atoms with E-state index in [0.29, 0.717) is 5.41 Å². The molecule has 1 nitrogen and oxygen atoms in total. The van der Waals surface area contributed by atoms with Crippen LogP contribution in [0.1, 0.15) is 13.3 Å². The zero-order valence-corrected chi connectivity index (χ0v) is 5.80. The first-order chi connectivity index (χ1) is 4.29. The van der Waals surface area contributed by atoms with E-state index < -0.39 is 0 Å². The van der Waals surface area contributed by atoms with Crippen LogP contribution in [0.5, 0.6) is 0 Å². The van der Waals surface area contributed by atoms with Gasteiger partial charge in [-0.05, 0) is 30.2 Å². The van der Waals surface area contributed by atoms with Gasteiger partial charge >= 0.3 is 0 Å². The summed E-state index contributed by atoms with van der Waals surface area (Å²) in [5.74, 6) is 1.74. The van der Waals surface area contributed by atoms with Crippen molar-refractivity contribution in [2.24, 2.45) is 23.0 Å². The van der Waals surface area contributed by atoms with Crippen LogP contribution in [0.15, 0.2) is 12.2 Å². The summed E-state index contributed by atoms with van der Waals surface area (Å²) in [4.78, 5) is 0. The monoisotopic (exact) mass is 123 g/mol. The smallest absolute Gasteiger partial charge is 0.00144 e. The molecule has 0 amide bonds. The zero-order chi connectivity index (χ0) is 6.48. The molecule has 0 heterocycles. The maximum Gasteiger partial charge on any atom is -0.00144 e. The van der Waals surface area contributed by atoms with Crippen LogP contribution >= 0.6 is 0 Å². The van der Waals surface area contributed by atoms with Gasteiger partial charge in [-0.1, -0.05) is 19.1 Å². The fourth-order valence-electron chi connectivity index (χ4n) is 2.13. The molecule has 1 heteroatoms. The first kappa shape index (κ1) is 5.48. The van der Waals surface area contributed by atoms with Gasteiger partial charge in [-0.25, -0.2) is 0 Å². The Kier molecular flexibility index (Phi) is 0.854. The minimum atomic E-state index is 0.495. The first-order valence-electron chi connectivity index (χ1n) is 3.66. The van der Waals surface area contributed by atoms with E-state index in [-0.39, 0.29) is 0 Å². The molecule has 0 saturated heterocycles. The van der Waals surface area contributed by atoms with Crippen LogP contribution in [0, 0.1) is 17.3 Å². The van der Waals surface area contributed by atoms with Crippen molar-refractivity contribution in [1.82, 2.24) is 0 Å². The van der Waals surface area contributed by atoms with Gasteiger partial charge in [0, 0.05) is 0 Å². The van der Waals surface area contributed by atoms with Gasteiger partial charge in [0.25, 0.3) is 0 Å². The lowest BCUT2D eigenvalue weighted by Crippen LogP contribution is -2.15. The van der Waals surface area contributed by atoms with E-state index in [9.17, 15) is 0 Å². The number of fused-ring (bicyclic) bond motifs is 1. The van der Waals surface area contributed by atoms with E-state index in [1.807, 2.05) is 0 Å². The summed E-state index contributed by atoms with van der Waals surface area (Å²) in [5.41, 5.74) is 6.12. The van der Waals surface area contributed by atoms with Crippen LogP contribution < -0.4 is 5.73 Å². The van der Waals surface area contributed by atoms with Crippen LogP contribution in [0.2, 0.25) is 0 Å². The average Bonchev–Trinajstić information content (AvgIpc) is 2.39. The standard InChI is InChI=1S/C8H13N/c1-8(5-9)6-3-2-4-7(6)8/h2-3,6-7H,4-5,9H2,1H3. The number of hydrogen-bond donors (Lipinski definition) is 1. The summed E-state index contributed by atoms with van der Waals surface area (Å²) in [7, 11) is 0. The summed E-state index contributed by atoms with van der Waals surface area (Å²) >= 11 is 0. The maximum atomic E-state index is 5.62. The van der Waals surface area contributed by atoms with Crippen molar-refractivity contribution in [2.75, 3.05) is 6.54 Å². The van der Waals surface area contributed by atoms with Crippen LogP contribution in [0.4, 0.5) is 0 Å². The third-order valence-corrected chi connectivity index (χ3v) is 3.11. The molecule has 50 valence electrons. The van der Waals surface area contributed by atoms with Gasteiger partial charge in [0.15, 0.2) is 0 Å². The van der Waals surface area contributed by atoms with Crippen molar-refractivity contribution in [3.63, 3.8) is 0 Å². The highest BCUT2D eigenvalue weighted by atomic mass is 14.7. The van der Waals surface area contributed by atoms with E-state index in [0.717, 1.165) is 18.4 Å². The Morgan fingerprint density at radius 2 is 2.56 bits per heavy atom. The predicted molar refractivity (Wildman–Crippen MR) is 37.9 cm³/mol. The Bertz CT molecular complexity index is 162. The normalized spacial score (nSPS) is 53.6. The Morgan fingerprint density at radius 3 is 2.89 bits per heavy atom. The van der Waals surface area contributed by atoms with Gasteiger partial charge in [0.1, 0.15) is 0 Å². The molecule has 1 fully saturated rings. The largest absolute Gasteiger partial charge is 0.330 e. The SMILES string of the molecule is CC1(CN)C2C=CCC21. The minimum Gasteiger partial charge on any atom is -0.330 e. The van der Waals surface area contributed by atoms with Gasteiger partial charge in [-0.2, -0.15) is 0 Å². The predicted octanol–water partition coefficient (Wildman–Crippen LogP) is 1.16. The van der Waals surface area contributed by atoms with Gasteiger partial charge < -0.3 is 5.73 Å². The van der Waals surface area contributed by atoms with Gasteiger partial charge in [0.2, 0.25) is 0 Å². The van der Waals surface area contributed by atoms with Crippen LogP contribution in [-0.2, 0) is 0 Å².